The SMILES string of the molecule is O=C(Cc1nc(C2CCCCS2)no1)C1CC1. The Morgan fingerprint density at radius 3 is 2.94 bits per heavy atom. The van der Waals surface area contributed by atoms with Crippen LogP contribution in [0.3, 0.4) is 0 Å². The molecule has 0 amide bonds. The number of hydrogen-bond donors (Lipinski definition) is 0. The number of aromatic nitrogens is 2. The van der Waals surface area contributed by atoms with Crippen molar-refractivity contribution >= 4 is 17.5 Å². The third kappa shape index (κ3) is 2.70. The van der Waals surface area contributed by atoms with Gasteiger partial charge < -0.3 is 4.52 Å². The molecule has 0 N–H and O–H groups in total. The summed E-state index contributed by atoms with van der Waals surface area (Å²) in [5.41, 5.74) is 0. The number of hydrogen-bond acceptors (Lipinski definition) is 5. The van der Waals surface area contributed by atoms with Crippen molar-refractivity contribution in [2.45, 2.75) is 43.8 Å². The summed E-state index contributed by atoms with van der Waals surface area (Å²) in [4.78, 5) is 16.0. The summed E-state index contributed by atoms with van der Waals surface area (Å²) >= 11 is 1.90. The summed E-state index contributed by atoms with van der Waals surface area (Å²) in [6, 6.07) is 0. The highest BCUT2D eigenvalue weighted by atomic mass is 32.2. The second-order valence-corrected chi connectivity index (χ2v) is 6.13. The van der Waals surface area contributed by atoms with Crippen LogP contribution in [0.1, 0.15) is 49.1 Å². The number of carbonyl (C=O) groups is 1. The molecule has 3 rings (SSSR count). The molecular weight excluding hydrogens is 236 g/mol. The van der Waals surface area contributed by atoms with Crippen LogP contribution in [0.5, 0.6) is 0 Å². The van der Waals surface area contributed by atoms with Gasteiger partial charge in [-0.05, 0) is 31.4 Å². The minimum Gasteiger partial charge on any atom is -0.339 e. The normalized spacial score (nSPS) is 24.8. The molecule has 1 aliphatic heterocycles. The molecule has 1 unspecified atom stereocenters. The van der Waals surface area contributed by atoms with Gasteiger partial charge in [0.05, 0.1) is 11.7 Å². The van der Waals surface area contributed by atoms with E-state index in [1.165, 1.54) is 18.6 Å². The van der Waals surface area contributed by atoms with Crippen LogP contribution in [0.2, 0.25) is 0 Å². The largest absolute Gasteiger partial charge is 0.339 e. The smallest absolute Gasteiger partial charge is 0.234 e. The molecule has 4 nitrogen and oxygen atoms in total. The Labute approximate surface area is 105 Å². The summed E-state index contributed by atoms with van der Waals surface area (Å²) < 4.78 is 5.17. The Bertz CT molecular complexity index is 408. The van der Waals surface area contributed by atoms with Gasteiger partial charge in [0.2, 0.25) is 5.89 Å². The summed E-state index contributed by atoms with van der Waals surface area (Å²) in [7, 11) is 0. The Balaban J connectivity index is 1.62. The molecule has 1 atom stereocenters. The molecule has 2 heterocycles. The molecule has 1 saturated carbocycles. The molecule has 0 spiro atoms. The molecule has 1 aromatic heterocycles. The van der Waals surface area contributed by atoms with Crippen LogP contribution < -0.4 is 0 Å². The minimum absolute atomic E-state index is 0.261. The third-order valence-corrected chi connectivity index (χ3v) is 4.68. The third-order valence-electron chi connectivity index (χ3n) is 3.31. The van der Waals surface area contributed by atoms with Crippen LogP contribution in [0.4, 0.5) is 0 Å². The number of thioether (sulfide) groups is 1. The quantitative estimate of drug-likeness (QED) is 0.824. The lowest BCUT2D eigenvalue weighted by atomic mass is 10.2. The van der Waals surface area contributed by atoms with E-state index in [1.54, 1.807) is 0 Å². The van der Waals surface area contributed by atoms with Crippen LogP contribution in [0.25, 0.3) is 0 Å². The lowest BCUT2D eigenvalue weighted by Gasteiger charge is -2.17. The Morgan fingerprint density at radius 2 is 2.24 bits per heavy atom. The first-order chi connectivity index (χ1) is 8.33. The van der Waals surface area contributed by atoms with Gasteiger partial charge in [-0.25, -0.2) is 0 Å². The highest BCUT2D eigenvalue weighted by Crippen LogP contribution is 2.37. The van der Waals surface area contributed by atoms with Gasteiger partial charge in [-0.3, -0.25) is 4.79 Å². The van der Waals surface area contributed by atoms with E-state index in [9.17, 15) is 4.79 Å². The van der Waals surface area contributed by atoms with Crippen molar-refractivity contribution in [3.8, 4) is 0 Å². The Morgan fingerprint density at radius 1 is 1.35 bits per heavy atom. The Hall–Kier alpha value is -0.840. The number of Topliss-reactive ketones (excluding diaryl/α,β-unsaturated/α-hetero) is 1. The topological polar surface area (TPSA) is 56.0 Å². The molecule has 2 aliphatic rings. The molecule has 17 heavy (non-hydrogen) atoms. The second-order valence-electron chi connectivity index (χ2n) is 4.82. The minimum atomic E-state index is 0.261. The van der Waals surface area contributed by atoms with E-state index >= 15 is 0 Å². The van der Waals surface area contributed by atoms with Gasteiger partial charge >= 0.3 is 0 Å². The number of rotatable bonds is 4. The molecule has 0 radical (unpaired) electrons. The zero-order valence-electron chi connectivity index (χ0n) is 9.72. The molecular formula is C12H16N2O2S. The van der Waals surface area contributed by atoms with Gasteiger partial charge in [-0.1, -0.05) is 11.6 Å². The highest BCUT2D eigenvalue weighted by Gasteiger charge is 2.31. The van der Waals surface area contributed by atoms with Gasteiger partial charge in [0.15, 0.2) is 5.82 Å². The van der Waals surface area contributed by atoms with E-state index in [4.69, 9.17) is 4.52 Å². The summed E-state index contributed by atoms with van der Waals surface area (Å²) in [6.07, 6.45) is 6.06. The van der Waals surface area contributed by atoms with Crippen molar-refractivity contribution in [1.82, 2.24) is 10.1 Å². The molecule has 2 fully saturated rings. The molecule has 92 valence electrons. The van der Waals surface area contributed by atoms with Gasteiger partial charge in [0.1, 0.15) is 5.78 Å². The van der Waals surface area contributed by atoms with Crippen molar-refractivity contribution in [3.63, 3.8) is 0 Å². The van der Waals surface area contributed by atoms with E-state index in [0.29, 0.717) is 17.6 Å². The van der Waals surface area contributed by atoms with E-state index in [2.05, 4.69) is 10.1 Å². The molecule has 1 aliphatic carbocycles. The van der Waals surface area contributed by atoms with Crippen molar-refractivity contribution in [2.75, 3.05) is 5.75 Å². The number of carbonyl (C=O) groups excluding carboxylic acids is 1. The van der Waals surface area contributed by atoms with Crippen LogP contribution >= 0.6 is 11.8 Å². The monoisotopic (exact) mass is 252 g/mol. The van der Waals surface area contributed by atoms with Crippen molar-refractivity contribution < 1.29 is 9.32 Å². The van der Waals surface area contributed by atoms with Gasteiger partial charge in [0.25, 0.3) is 0 Å². The maximum absolute atomic E-state index is 11.6. The van der Waals surface area contributed by atoms with Crippen LogP contribution in [-0.4, -0.2) is 21.7 Å². The summed E-state index contributed by atoms with van der Waals surface area (Å²) in [5.74, 6) is 3.00. The summed E-state index contributed by atoms with van der Waals surface area (Å²) in [5, 5.41) is 4.39. The van der Waals surface area contributed by atoms with E-state index in [0.717, 1.165) is 25.1 Å². The Kier molecular flexibility index (Phi) is 3.18. The standard InChI is InChI=1S/C12H16N2O2S/c15-9(8-4-5-8)7-11-13-12(14-16-11)10-3-1-2-6-17-10/h8,10H,1-7H2. The fraction of sp³-hybridized carbons (Fsp3) is 0.750. The van der Waals surface area contributed by atoms with Crippen LogP contribution in [-0.2, 0) is 11.2 Å². The zero-order valence-corrected chi connectivity index (χ0v) is 10.5. The predicted octanol–water partition coefficient (Wildman–Crippen LogP) is 2.55. The van der Waals surface area contributed by atoms with Crippen LogP contribution in [0, 0.1) is 5.92 Å². The second kappa shape index (κ2) is 4.80. The fourth-order valence-electron chi connectivity index (χ4n) is 2.11. The average molecular weight is 252 g/mol. The first-order valence-electron chi connectivity index (χ1n) is 6.30. The lowest BCUT2D eigenvalue weighted by Crippen LogP contribution is -2.06. The molecule has 0 aromatic carbocycles. The van der Waals surface area contributed by atoms with Gasteiger partial charge in [-0.2, -0.15) is 16.7 Å². The molecule has 1 saturated heterocycles. The first kappa shape index (κ1) is 11.3. The first-order valence-corrected chi connectivity index (χ1v) is 7.34. The average Bonchev–Trinajstić information content (AvgIpc) is 3.12. The van der Waals surface area contributed by atoms with Gasteiger partial charge in [0, 0.05) is 5.92 Å². The zero-order chi connectivity index (χ0) is 11.7. The van der Waals surface area contributed by atoms with Crippen molar-refractivity contribution in [1.29, 1.82) is 0 Å². The van der Waals surface area contributed by atoms with Crippen LogP contribution in [0.15, 0.2) is 4.52 Å². The highest BCUT2D eigenvalue weighted by molar-refractivity contribution is 7.99. The predicted molar refractivity (Wildman–Crippen MR) is 64.8 cm³/mol. The summed E-state index contributed by atoms with van der Waals surface area (Å²) in [6.45, 7) is 0. The van der Waals surface area contributed by atoms with Crippen molar-refractivity contribution in [3.05, 3.63) is 11.7 Å². The van der Waals surface area contributed by atoms with Gasteiger partial charge in [-0.15, -0.1) is 0 Å². The lowest BCUT2D eigenvalue weighted by molar-refractivity contribution is -0.119. The van der Waals surface area contributed by atoms with Crippen molar-refractivity contribution in [2.24, 2.45) is 5.92 Å². The van der Waals surface area contributed by atoms with E-state index in [1.807, 2.05) is 11.8 Å². The molecule has 1 aromatic rings. The number of nitrogens with zero attached hydrogens (tertiary/aromatic N) is 2. The molecule has 0 bridgehead atoms. The van der Waals surface area contributed by atoms with E-state index < -0.39 is 0 Å². The van der Waals surface area contributed by atoms with E-state index in [-0.39, 0.29) is 11.7 Å². The maximum Gasteiger partial charge on any atom is 0.234 e. The fourth-order valence-corrected chi connectivity index (χ4v) is 3.35. The molecule has 5 heteroatoms. The number of ketones is 1. The maximum atomic E-state index is 11.6.